The molecule has 0 N–H and O–H groups in total. The number of benzene rings is 4. The molecule has 0 aliphatic rings. The number of sulfonamides is 2. The van der Waals surface area contributed by atoms with Crippen LogP contribution in [0.4, 0.5) is 0 Å². The van der Waals surface area contributed by atoms with Crippen molar-refractivity contribution < 1.29 is 69.6 Å². The van der Waals surface area contributed by atoms with Crippen molar-refractivity contribution >= 4 is 84.9 Å². The molecule has 12 nitrogen and oxygen atoms in total. The Morgan fingerprint density at radius 2 is 0.846 bits per heavy atom. The van der Waals surface area contributed by atoms with E-state index in [0.717, 1.165) is 0 Å². The van der Waals surface area contributed by atoms with E-state index in [9.17, 15) is 35.5 Å². The summed E-state index contributed by atoms with van der Waals surface area (Å²) in [5.74, 6) is -0.487. The molecule has 0 fully saturated rings. The van der Waals surface area contributed by atoms with Gasteiger partial charge in [-0.15, -0.1) is 0 Å². The fraction of sp³-hybridized carbons (Fsp3) is 0.188. The predicted molar refractivity (Wildman–Crippen MR) is 206 cm³/mol. The molecule has 0 unspecified atom stereocenters. The summed E-state index contributed by atoms with van der Waals surface area (Å²) in [5, 5.41) is 30.8. The van der Waals surface area contributed by atoms with Gasteiger partial charge < -0.3 is 30.1 Å². The monoisotopic (exact) mass is 1010 g/mol. The fourth-order valence-corrected chi connectivity index (χ4v) is 5.56. The molecule has 0 spiro atoms. The van der Waals surface area contributed by atoms with Crippen LogP contribution < -0.4 is 10.2 Å². The number of rotatable bonds is 8. The van der Waals surface area contributed by atoms with Crippen molar-refractivity contribution in [1.82, 2.24) is 0 Å². The minimum absolute atomic E-state index is 0. The number of hydrogen-bond acceptors (Lipinski definition) is 10. The molecule has 0 amide bonds. The molecule has 0 heterocycles. The summed E-state index contributed by atoms with van der Waals surface area (Å²) in [4.78, 5) is 6.87. The van der Waals surface area contributed by atoms with Gasteiger partial charge in [0.1, 0.15) is 20.0 Å². The third-order valence-electron chi connectivity index (χ3n) is 5.34. The minimum Gasteiger partial charge on any atom is -0.872 e. The largest absolute Gasteiger partial charge is 2.00 e. The summed E-state index contributed by atoms with van der Waals surface area (Å²) in [6.07, 6.45) is 6.56. The first-order chi connectivity index (χ1) is 23.3. The van der Waals surface area contributed by atoms with Crippen molar-refractivity contribution in [2.24, 2.45) is 10.2 Å². The summed E-state index contributed by atoms with van der Waals surface area (Å²) >= 11 is 6.50. The van der Waals surface area contributed by atoms with Gasteiger partial charge in [-0.3, -0.25) is 8.42 Å². The second-order valence-electron chi connectivity index (χ2n) is 9.87. The van der Waals surface area contributed by atoms with Gasteiger partial charge in [-0.2, -0.15) is 0 Å². The molecule has 0 bridgehead atoms. The van der Waals surface area contributed by atoms with Gasteiger partial charge in [0.25, 0.3) is 0 Å². The van der Waals surface area contributed by atoms with Gasteiger partial charge in [0.2, 0.25) is 0 Å². The maximum atomic E-state index is 12.0. The molecule has 4 aromatic rings. The van der Waals surface area contributed by atoms with E-state index < -0.39 is 41.6 Å². The van der Waals surface area contributed by atoms with Crippen LogP contribution in [0.3, 0.4) is 0 Å². The first-order valence-corrected chi connectivity index (χ1v) is 22.2. The fourth-order valence-electron chi connectivity index (χ4n) is 3.19. The van der Waals surface area contributed by atoms with E-state index in [1.165, 1.54) is 50.2 Å². The molecule has 4 rings (SSSR count). The quantitative estimate of drug-likeness (QED) is 0.116. The Kier molecular flexibility index (Phi) is 25.5. The van der Waals surface area contributed by atoms with Crippen LogP contribution in [0.1, 0.15) is 25.0 Å². The van der Waals surface area contributed by atoms with Crippen LogP contribution in [0.15, 0.2) is 126 Å². The summed E-state index contributed by atoms with van der Waals surface area (Å²) in [6, 6.07) is 24.7. The van der Waals surface area contributed by atoms with Crippen molar-refractivity contribution in [3.05, 3.63) is 127 Å². The molecular formula is C32H34Br2Cu2N4O8S4. The van der Waals surface area contributed by atoms with E-state index in [4.69, 9.17) is 0 Å². The smallest absolute Gasteiger partial charge is 0.872 e. The molecular weight excluding hydrogens is 984 g/mol. The SMILES string of the molecule is C/C(=N\[N-]S(=O)(=O)c1ccccc1)c1cc(Br)ccc1[O-].C/C(=N\[N-]S(=O)(=O)c1ccccc1)c1cc(Br)ccc1[O-].CS(C)=O.CS(C)=O.[Cu+2].[Cu+2]. The molecule has 0 aromatic heterocycles. The zero-order valence-electron chi connectivity index (χ0n) is 28.3. The third kappa shape index (κ3) is 20.2. The topological polar surface area (TPSA) is 201 Å². The molecule has 4 aromatic carbocycles. The number of nitrogens with zero attached hydrogens (tertiary/aromatic N) is 4. The van der Waals surface area contributed by atoms with Crippen LogP contribution in [0, 0.1) is 0 Å². The van der Waals surface area contributed by atoms with Crippen molar-refractivity contribution in [3.8, 4) is 11.5 Å². The molecule has 52 heavy (non-hydrogen) atoms. The summed E-state index contributed by atoms with van der Waals surface area (Å²) in [5.41, 5.74) is 1.08. The second kappa shape index (κ2) is 25.6. The zero-order valence-corrected chi connectivity index (χ0v) is 36.6. The molecule has 2 radical (unpaired) electrons. The molecule has 0 aliphatic carbocycles. The summed E-state index contributed by atoms with van der Waals surface area (Å²) < 4.78 is 68.4. The van der Waals surface area contributed by atoms with Gasteiger partial charge in [0.05, 0.1) is 9.79 Å². The standard InChI is InChI=1S/2C14H12BrN2O3S.2C2H6OS.2Cu/c2*1-10(13-9-11(15)7-8-14(13)18)16-17-21(19,20)12-5-3-2-4-6-12;2*1-4(2)3;;/h2*2-9H,1H3,(H,16,18);2*1-2H3;;/q2*-1;;;2*+2/p-2. The zero-order chi connectivity index (χ0) is 38.1. The first-order valence-electron chi connectivity index (χ1n) is 13.8. The van der Waals surface area contributed by atoms with E-state index in [1.807, 2.05) is 0 Å². The van der Waals surface area contributed by atoms with E-state index >= 15 is 0 Å². The van der Waals surface area contributed by atoms with Crippen LogP contribution in [0.25, 0.3) is 9.66 Å². The van der Waals surface area contributed by atoms with Gasteiger partial charge in [-0.1, -0.05) is 91.9 Å². The minimum atomic E-state index is -3.86. The summed E-state index contributed by atoms with van der Waals surface area (Å²) in [7, 11) is -8.95. The van der Waals surface area contributed by atoms with Crippen molar-refractivity contribution in [1.29, 1.82) is 0 Å². The Morgan fingerprint density at radius 3 is 1.12 bits per heavy atom. The first kappa shape index (κ1) is 51.7. The van der Waals surface area contributed by atoms with E-state index in [0.29, 0.717) is 20.1 Å². The number of halogens is 2. The van der Waals surface area contributed by atoms with Gasteiger partial charge in [-0.05, 0) is 73.5 Å². The normalized spacial score (nSPS) is 11.2. The Bertz CT molecular complexity index is 1890. The van der Waals surface area contributed by atoms with Gasteiger partial charge >= 0.3 is 34.1 Å². The van der Waals surface area contributed by atoms with E-state index in [1.54, 1.807) is 85.7 Å². The second-order valence-corrected chi connectivity index (χ2v) is 17.8. The van der Waals surface area contributed by atoms with Crippen LogP contribution >= 0.6 is 31.9 Å². The molecule has 0 saturated heterocycles. The van der Waals surface area contributed by atoms with Crippen molar-refractivity contribution in [2.45, 2.75) is 23.6 Å². The average Bonchev–Trinajstić information content (AvgIpc) is 3.05. The molecule has 0 saturated carbocycles. The maximum Gasteiger partial charge on any atom is 2.00 e. The Morgan fingerprint density at radius 1 is 0.577 bits per heavy atom. The Hall–Kier alpha value is -2.38. The average molecular weight is 1020 g/mol. The van der Waals surface area contributed by atoms with Gasteiger partial charge in [0, 0.05) is 67.0 Å². The maximum absolute atomic E-state index is 12.0. The van der Waals surface area contributed by atoms with Gasteiger partial charge in [-0.25, -0.2) is 16.8 Å². The van der Waals surface area contributed by atoms with Crippen molar-refractivity contribution in [2.75, 3.05) is 25.0 Å². The van der Waals surface area contributed by atoms with Crippen LogP contribution in [-0.4, -0.2) is 61.7 Å². The van der Waals surface area contributed by atoms with Crippen LogP contribution in [-0.2, 0) is 75.8 Å². The van der Waals surface area contributed by atoms with Gasteiger partial charge in [0.15, 0.2) is 0 Å². The van der Waals surface area contributed by atoms with Crippen LogP contribution in [0.5, 0.6) is 11.5 Å². The Balaban J connectivity index is 0. The molecule has 0 aliphatic heterocycles. The Labute approximate surface area is 348 Å². The summed E-state index contributed by atoms with van der Waals surface area (Å²) in [6.45, 7) is 3.07. The molecule has 20 heteroatoms. The van der Waals surface area contributed by atoms with E-state index in [2.05, 4.69) is 51.7 Å². The number of hydrogen-bond donors (Lipinski definition) is 0. The molecule has 0 atom stereocenters. The van der Waals surface area contributed by atoms with Crippen LogP contribution in [0.2, 0.25) is 0 Å². The van der Waals surface area contributed by atoms with Crippen molar-refractivity contribution in [3.63, 3.8) is 0 Å². The van der Waals surface area contributed by atoms with E-state index in [-0.39, 0.29) is 66.9 Å². The molecule has 290 valence electrons. The predicted octanol–water partition coefficient (Wildman–Crippen LogP) is 6.00. The third-order valence-corrected chi connectivity index (χ3v) is 8.66.